The zero-order valence-electron chi connectivity index (χ0n) is 19.9. The van der Waals surface area contributed by atoms with Gasteiger partial charge in [0, 0.05) is 25.6 Å². The average Bonchev–Trinajstić information content (AvgIpc) is 3.14. The number of aromatic nitrogens is 2. The van der Waals surface area contributed by atoms with E-state index in [1.807, 2.05) is 44.2 Å². The molecule has 2 atom stereocenters. The molecule has 0 bridgehead atoms. The van der Waals surface area contributed by atoms with Crippen molar-refractivity contribution in [2.75, 3.05) is 13.1 Å². The molecule has 3 rings (SSSR count). The van der Waals surface area contributed by atoms with Crippen LogP contribution in [-0.4, -0.2) is 53.0 Å². The lowest BCUT2D eigenvalue weighted by Crippen LogP contribution is -2.47. The number of sulfonamides is 1. The Bertz CT molecular complexity index is 1140. The van der Waals surface area contributed by atoms with E-state index < -0.39 is 22.2 Å². The van der Waals surface area contributed by atoms with Gasteiger partial charge in [0.2, 0.25) is 10.0 Å². The van der Waals surface area contributed by atoms with Crippen LogP contribution in [0, 0.1) is 11.8 Å². The van der Waals surface area contributed by atoms with E-state index in [0.29, 0.717) is 17.9 Å². The number of aromatic amines is 1. The second-order valence-corrected chi connectivity index (χ2v) is 11.5. The fraction of sp³-hybridized carbons (Fsp3) is 0.480. The Morgan fingerprint density at radius 2 is 1.70 bits per heavy atom. The monoisotopic (exact) mass is 472 g/mol. The van der Waals surface area contributed by atoms with Gasteiger partial charge in [0.05, 0.1) is 22.0 Å². The van der Waals surface area contributed by atoms with Gasteiger partial charge < -0.3 is 15.8 Å². The number of imidazole rings is 1. The molecule has 180 valence electrons. The Kier molecular flexibility index (Phi) is 8.28. The van der Waals surface area contributed by atoms with Crippen molar-refractivity contribution in [1.29, 1.82) is 0 Å². The maximum absolute atomic E-state index is 13.6. The average molecular weight is 473 g/mol. The van der Waals surface area contributed by atoms with E-state index in [2.05, 4.69) is 23.8 Å². The van der Waals surface area contributed by atoms with Crippen molar-refractivity contribution in [3.63, 3.8) is 0 Å². The lowest BCUT2D eigenvalue weighted by atomic mass is 10.0. The summed E-state index contributed by atoms with van der Waals surface area (Å²) >= 11 is 0. The van der Waals surface area contributed by atoms with E-state index in [9.17, 15) is 13.5 Å². The molecule has 0 radical (unpaired) electrons. The van der Waals surface area contributed by atoms with Crippen molar-refractivity contribution in [2.45, 2.75) is 57.6 Å². The highest BCUT2D eigenvalue weighted by Crippen LogP contribution is 2.23. The third-order valence-corrected chi connectivity index (χ3v) is 7.34. The second kappa shape index (κ2) is 10.8. The lowest BCUT2D eigenvalue weighted by Gasteiger charge is -2.28. The Balaban J connectivity index is 1.82. The van der Waals surface area contributed by atoms with Crippen LogP contribution in [0.1, 0.15) is 39.1 Å². The fourth-order valence-corrected chi connectivity index (χ4v) is 5.53. The number of hydrogen-bond donors (Lipinski definition) is 3. The Morgan fingerprint density at radius 3 is 2.33 bits per heavy atom. The molecule has 0 aliphatic rings. The minimum atomic E-state index is -3.83. The molecule has 0 saturated heterocycles. The number of rotatable bonds is 11. The van der Waals surface area contributed by atoms with Crippen LogP contribution >= 0.6 is 0 Å². The molecule has 0 saturated carbocycles. The molecule has 0 aliphatic carbocycles. The van der Waals surface area contributed by atoms with Gasteiger partial charge in [-0.15, -0.1) is 0 Å². The third kappa shape index (κ3) is 6.63. The molecular formula is C25H36N4O3S. The molecule has 0 amide bonds. The quantitative estimate of drug-likeness (QED) is 0.396. The van der Waals surface area contributed by atoms with Crippen molar-refractivity contribution < 1.29 is 13.5 Å². The third-order valence-electron chi connectivity index (χ3n) is 5.51. The first-order valence-corrected chi connectivity index (χ1v) is 13.0. The van der Waals surface area contributed by atoms with Gasteiger partial charge in [-0.05, 0) is 42.0 Å². The van der Waals surface area contributed by atoms with E-state index in [-0.39, 0.29) is 23.9 Å². The van der Waals surface area contributed by atoms with E-state index in [1.165, 1.54) is 4.31 Å². The van der Waals surface area contributed by atoms with Gasteiger partial charge in [0.15, 0.2) is 0 Å². The van der Waals surface area contributed by atoms with E-state index in [1.54, 1.807) is 18.2 Å². The van der Waals surface area contributed by atoms with E-state index in [4.69, 9.17) is 5.73 Å². The SMILES string of the molecule is CC(C)Cc1nc2ccc(S(=O)(=O)N(CC(C)C)C[C@@H](O)[C@@H](N)Cc3ccccc3)cc2[nH]1. The van der Waals surface area contributed by atoms with Crippen LogP contribution in [-0.2, 0) is 22.9 Å². The van der Waals surface area contributed by atoms with Gasteiger partial charge >= 0.3 is 0 Å². The molecule has 0 spiro atoms. The summed E-state index contributed by atoms with van der Waals surface area (Å²) in [6.45, 7) is 8.36. The van der Waals surface area contributed by atoms with Crippen LogP contribution in [0.25, 0.3) is 11.0 Å². The number of hydrogen-bond acceptors (Lipinski definition) is 5. The van der Waals surface area contributed by atoms with Gasteiger partial charge in [-0.1, -0.05) is 58.0 Å². The minimum absolute atomic E-state index is 0.0614. The molecule has 1 heterocycles. The van der Waals surface area contributed by atoms with Gasteiger partial charge in [-0.25, -0.2) is 13.4 Å². The standard InChI is InChI=1S/C25H36N4O3S/c1-17(2)12-25-27-22-11-10-20(14-23(22)28-25)33(31,32)29(15-18(3)4)16-24(30)21(26)13-19-8-6-5-7-9-19/h5-11,14,17-18,21,24,30H,12-13,15-16,26H2,1-4H3,(H,27,28)/t21-,24+/m0/s1. The molecule has 0 fully saturated rings. The topological polar surface area (TPSA) is 112 Å². The number of aliphatic hydroxyl groups excluding tert-OH is 1. The van der Waals surface area contributed by atoms with Crippen molar-refractivity contribution in [3.05, 3.63) is 59.9 Å². The molecule has 1 aromatic heterocycles. The van der Waals surface area contributed by atoms with Crippen molar-refractivity contribution >= 4 is 21.1 Å². The summed E-state index contributed by atoms with van der Waals surface area (Å²) in [4.78, 5) is 7.98. The number of fused-ring (bicyclic) bond motifs is 1. The second-order valence-electron chi connectivity index (χ2n) is 9.60. The van der Waals surface area contributed by atoms with Crippen LogP contribution in [0.3, 0.4) is 0 Å². The first kappa shape index (κ1) is 25.4. The molecule has 8 heteroatoms. The summed E-state index contributed by atoms with van der Waals surface area (Å²) < 4.78 is 28.5. The van der Waals surface area contributed by atoms with Crippen LogP contribution in [0.5, 0.6) is 0 Å². The van der Waals surface area contributed by atoms with Gasteiger partial charge in [0.1, 0.15) is 5.82 Å². The predicted molar refractivity (Wildman–Crippen MR) is 132 cm³/mol. The lowest BCUT2D eigenvalue weighted by molar-refractivity contribution is 0.116. The van der Waals surface area contributed by atoms with Gasteiger partial charge in [0.25, 0.3) is 0 Å². The summed E-state index contributed by atoms with van der Waals surface area (Å²) in [6.07, 6.45) is 0.269. The summed E-state index contributed by atoms with van der Waals surface area (Å²) in [6, 6.07) is 14.0. The number of H-pyrrole nitrogens is 1. The molecule has 0 aliphatic heterocycles. The van der Waals surface area contributed by atoms with Crippen molar-refractivity contribution in [2.24, 2.45) is 17.6 Å². The molecular weight excluding hydrogens is 436 g/mol. The molecule has 4 N–H and O–H groups in total. The summed E-state index contributed by atoms with van der Waals surface area (Å²) in [7, 11) is -3.83. The number of nitrogens with one attached hydrogen (secondary N) is 1. The minimum Gasteiger partial charge on any atom is -0.390 e. The fourth-order valence-electron chi connectivity index (χ4n) is 3.88. The van der Waals surface area contributed by atoms with Crippen molar-refractivity contribution in [1.82, 2.24) is 14.3 Å². The largest absolute Gasteiger partial charge is 0.390 e. The van der Waals surface area contributed by atoms with Crippen LogP contribution in [0.15, 0.2) is 53.4 Å². The molecule has 0 unspecified atom stereocenters. The Morgan fingerprint density at radius 1 is 1.00 bits per heavy atom. The molecule has 3 aromatic rings. The number of nitrogens with two attached hydrogens (primary N) is 1. The molecule has 7 nitrogen and oxygen atoms in total. The highest BCUT2D eigenvalue weighted by molar-refractivity contribution is 7.89. The first-order valence-electron chi connectivity index (χ1n) is 11.5. The summed E-state index contributed by atoms with van der Waals surface area (Å²) in [5, 5.41) is 10.8. The van der Waals surface area contributed by atoms with Crippen LogP contribution < -0.4 is 5.73 Å². The molecule has 33 heavy (non-hydrogen) atoms. The maximum atomic E-state index is 13.6. The molecule has 2 aromatic carbocycles. The van der Waals surface area contributed by atoms with E-state index in [0.717, 1.165) is 23.3 Å². The number of benzene rings is 2. The maximum Gasteiger partial charge on any atom is 0.243 e. The predicted octanol–water partition coefficient (Wildman–Crippen LogP) is 3.34. The van der Waals surface area contributed by atoms with Crippen molar-refractivity contribution in [3.8, 4) is 0 Å². The Labute approximate surface area is 197 Å². The Hall–Kier alpha value is -2.26. The van der Waals surface area contributed by atoms with Crippen LogP contribution in [0.4, 0.5) is 0 Å². The highest BCUT2D eigenvalue weighted by Gasteiger charge is 2.30. The zero-order valence-corrected chi connectivity index (χ0v) is 20.7. The number of nitrogens with zero attached hydrogens (tertiary/aromatic N) is 2. The van der Waals surface area contributed by atoms with E-state index >= 15 is 0 Å². The smallest absolute Gasteiger partial charge is 0.243 e. The van der Waals surface area contributed by atoms with Gasteiger partial charge in [-0.3, -0.25) is 0 Å². The number of aliphatic hydroxyl groups is 1. The summed E-state index contributed by atoms with van der Waals surface area (Å²) in [5.41, 5.74) is 8.68. The van der Waals surface area contributed by atoms with Gasteiger partial charge in [-0.2, -0.15) is 4.31 Å². The first-order chi connectivity index (χ1) is 15.6. The zero-order chi connectivity index (χ0) is 24.2. The van der Waals surface area contributed by atoms with Crippen LogP contribution in [0.2, 0.25) is 0 Å². The highest BCUT2D eigenvalue weighted by atomic mass is 32.2. The normalized spacial score (nSPS) is 14.5. The summed E-state index contributed by atoms with van der Waals surface area (Å²) in [5.74, 6) is 1.37.